The van der Waals surface area contributed by atoms with Crippen LogP contribution in [0.15, 0.2) is 41.3 Å². The number of hydrogen-bond donors (Lipinski definition) is 2. The van der Waals surface area contributed by atoms with Gasteiger partial charge in [-0.1, -0.05) is 30.3 Å². The van der Waals surface area contributed by atoms with Crippen LogP contribution in [0.1, 0.15) is 0 Å². The zero-order valence-corrected chi connectivity index (χ0v) is 7.25. The average Bonchev–Trinajstić information content (AvgIpc) is 2.12. The summed E-state index contributed by atoms with van der Waals surface area (Å²) in [7, 11) is 0. The lowest BCUT2D eigenvalue weighted by Gasteiger charge is -2.01. The molecule has 2 aromatic rings. The summed E-state index contributed by atoms with van der Waals surface area (Å²) >= 11 is 4.12. The van der Waals surface area contributed by atoms with Gasteiger partial charge in [0.25, 0.3) is 0 Å². The molecular weight excluding hydrogens is 168 g/mol. The quantitative estimate of drug-likeness (QED) is 0.591. The maximum Gasteiger partial charge on any atom is 0.136 e. The molecule has 2 rings (SSSR count). The number of thiol groups is 1. The molecular formula is C10H8OS. The van der Waals surface area contributed by atoms with Gasteiger partial charge in [-0.25, -0.2) is 0 Å². The van der Waals surface area contributed by atoms with Crippen LogP contribution in [0.4, 0.5) is 0 Å². The standard InChI is InChI=1S/C10H8OS/c11-10-8-4-2-1-3-7(8)5-6-9(10)12/h1-6,11-12H. The third-order valence-electron chi connectivity index (χ3n) is 1.88. The van der Waals surface area contributed by atoms with E-state index in [9.17, 15) is 5.11 Å². The molecule has 0 atom stereocenters. The van der Waals surface area contributed by atoms with E-state index in [0.717, 1.165) is 10.8 Å². The molecule has 0 spiro atoms. The van der Waals surface area contributed by atoms with E-state index in [-0.39, 0.29) is 5.75 Å². The van der Waals surface area contributed by atoms with E-state index in [4.69, 9.17) is 0 Å². The fraction of sp³-hybridized carbons (Fsp3) is 0. The first-order chi connectivity index (χ1) is 5.79. The van der Waals surface area contributed by atoms with Crippen LogP contribution in [0.2, 0.25) is 0 Å². The fourth-order valence-electron chi connectivity index (χ4n) is 1.24. The summed E-state index contributed by atoms with van der Waals surface area (Å²) in [5.41, 5.74) is 0. The molecule has 0 aromatic heterocycles. The number of hydrogen-bond acceptors (Lipinski definition) is 2. The maximum atomic E-state index is 9.58. The van der Waals surface area contributed by atoms with Crippen LogP contribution in [-0.4, -0.2) is 5.11 Å². The number of fused-ring (bicyclic) bond motifs is 1. The minimum atomic E-state index is 0.261. The lowest BCUT2D eigenvalue weighted by Crippen LogP contribution is -1.74. The lowest BCUT2D eigenvalue weighted by molar-refractivity contribution is 0.469. The molecule has 1 N–H and O–H groups in total. The van der Waals surface area contributed by atoms with Gasteiger partial charge in [0.1, 0.15) is 5.75 Å². The van der Waals surface area contributed by atoms with Crippen molar-refractivity contribution in [3.8, 4) is 5.75 Å². The van der Waals surface area contributed by atoms with Gasteiger partial charge in [-0.15, -0.1) is 12.6 Å². The Labute approximate surface area is 76.1 Å². The Hall–Kier alpha value is -1.15. The zero-order chi connectivity index (χ0) is 8.55. The molecule has 0 amide bonds. The predicted molar refractivity (Wildman–Crippen MR) is 52.9 cm³/mol. The Morgan fingerprint density at radius 2 is 1.75 bits per heavy atom. The molecule has 0 aliphatic carbocycles. The van der Waals surface area contributed by atoms with Gasteiger partial charge >= 0.3 is 0 Å². The van der Waals surface area contributed by atoms with E-state index in [1.807, 2.05) is 30.3 Å². The third kappa shape index (κ3) is 1.04. The number of aromatic hydroxyl groups is 1. The van der Waals surface area contributed by atoms with Crippen LogP contribution in [0.3, 0.4) is 0 Å². The number of benzene rings is 2. The lowest BCUT2D eigenvalue weighted by atomic mass is 10.1. The van der Waals surface area contributed by atoms with Gasteiger partial charge in [0.2, 0.25) is 0 Å². The zero-order valence-electron chi connectivity index (χ0n) is 6.36. The van der Waals surface area contributed by atoms with Gasteiger partial charge in [0.15, 0.2) is 0 Å². The molecule has 60 valence electrons. The molecule has 0 bridgehead atoms. The van der Waals surface area contributed by atoms with Crippen molar-refractivity contribution < 1.29 is 5.11 Å². The maximum absolute atomic E-state index is 9.58. The summed E-state index contributed by atoms with van der Waals surface area (Å²) in [6.45, 7) is 0. The second kappa shape index (κ2) is 2.72. The highest BCUT2D eigenvalue weighted by Crippen LogP contribution is 2.30. The van der Waals surface area contributed by atoms with Gasteiger partial charge in [0.05, 0.1) is 0 Å². The smallest absolute Gasteiger partial charge is 0.136 e. The summed E-state index contributed by atoms with van der Waals surface area (Å²) in [5, 5.41) is 11.5. The molecule has 0 heterocycles. The second-order valence-corrected chi connectivity index (χ2v) is 3.14. The topological polar surface area (TPSA) is 20.2 Å². The van der Waals surface area contributed by atoms with E-state index < -0.39 is 0 Å². The highest BCUT2D eigenvalue weighted by Gasteiger charge is 2.00. The van der Waals surface area contributed by atoms with Crippen molar-refractivity contribution in [1.29, 1.82) is 0 Å². The Morgan fingerprint density at radius 3 is 2.58 bits per heavy atom. The van der Waals surface area contributed by atoms with Crippen LogP contribution in [0.25, 0.3) is 10.8 Å². The summed E-state index contributed by atoms with van der Waals surface area (Å²) in [4.78, 5) is 0.619. The SMILES string of the molecule is Oc1c(S)ccc2ccccc12. The van der Waals surface area contributed by atoms with Gasteiger partial charge in [0, 0.05) is 10.3 Å². The molecule has 0 saturated carbocycles. The first-order valence-corrected chi connectivity index (χ1v) is 4.13. The third-order valence-corrected chi connectivity index (χ3v) is 2.24. The molecule has 0 saturated heterocycles. The Balaban J connectivity index is 2.91. The van der Waals surface area contributed by atoms with Gasteiger partial charge < -0.3 is 5.11 Å². The molecule has 2 heteroatoms. The average molecular weight is 176 g/mol. The summed E-state index contributed by atoms with van der Waals surface area (Å²) in [5.74, 6) is 0.261. The Morgan fingerprint density at radius 1 is 1.00 bits per heavy atom. The van der Waals surface area contributed by atoms with Gasteiger partial charge in [-0.2, -0.15) is 0 Å². The highest BCUT2D eigenvalue weighted by atomic mass is 32.1. The van der Waals surface area contributed by atoms with E-state index >= 15 is 0 Å². The van der Waals surface area contributed by atoms with E-state index in [1.54, 1.807) is 6.07 Å². The van der Waals surface area contributed by atoms with Crippen molar-refractivity contribution in [1.82, 2.24) is 0 Å². The van der Waals surface area contributed by atoms with Crippen molar-refractivity contribution >= 4 is 23.4 Å². The van der Waals surface area contributed by atoms with Crippen molar-refractivity contribution in [2.45, 2.75) is 4.90 Å². The molecule has 1 nitrogen and oxygen atoms in total. The Kier molecular flexibility index (Phi) is 1.70. The number of phenols is 1. The van der Waals surface area contributed by atoms with Gasteiger partial charge in [-0.3, -0.25) is 0 Å². The summed E-state index contributed by atoms with van der Waals surface area (Å²) in [6.07, 6.45) is 0. The van der Waals surface area contributed by atoms with Crippen molar-refractivity contribution in [2.24, 2.45) is 0 Å². The molecule has 0 aliphatic heterocycles. The molecule has 2 aromatic carbocycles. The molecule has 0 unspecified atom stereocenters. The highest BCUT2D eigenvalue weighted by molar-refractivity contribution is 7.80. The minimum Gasteiger partial charge on any atom is -0.506 e. The van der Waals surface area contributed by atoms with Crippen LogP contribution in [0, 0.1) is 0 Å². The van der Waals surface area contributed by atoms with Crippen molar-refractivity contribution in [2.75, 3.05) is 0 Å². The first-order valence-electron chi connectivity index (χ1n) is 3.69. The van der Waals surface area contributed by atoms with Crippen LogP contribution in [-0.2, 0) is 0 Å². The minimum absolute atomic E-state index is 0.261. The van der Waals surface area contributed by atoms with Crippen LogP contribution < -0.4 is 0 Å². The molecule has 0 radical (unpaired) electrons. The number of rotatable bonds is 0. The van der Waals surface area contributed by atoms with Gasteiger partial charge in [-0.05, 0) is 11.5 Å². The Bertz CT molecular complexity index is 423. The van der Waals surface area contributed by atoms with Crippen LogP contribution >= 0.6 is 12.6 Å². The molecule has 12 heavy (non-hydrogen) atoms. The normalized spacial score (nSPS) is 10.4. The van der Waals surface area contributed by atoms with Crippen LogP contribution in [0.5, 0.6) is 5.75 Å². The summed E-state index contributed by atoms with van der Waals surface area (Å²) in [6, 6.07) is 11.4. The van der Waals surface area contributed by atoms with Crippen molar-refractivity contribution in [3.05, 3.63) is 36.4 Å². The number of phenolic OH excluding ortho intramolecular Hbond substituents is 1. The van der Waals surface area contributed by atoms with E-state index in [0.29, 0.717) is 4.90 Å². The predicted octanol–water partition coefficient (Wildman–Crippen LogP) is 2.83. The van der Waals surface area contributed by atoms with Crippen molar-refractivity contribution in [3.63, 3.8) is 0 Å². The van der Waals surface area contributed by atoms with E-state index in [2.05, 4.69) is 12.6 Å². The second-order valence-electron chi connectivity index (χ2n) is 2.65. The largest absolute Gasteiger partial charge is 0.506 e. The molecule has 0 aliphatic rings. The van der Waals surface area contributed by atoms with E-state index in [1.165, 1.54) is 0 Å². The summed E-state index contributed by atoms with van der Waals surface area (Å²) < 4.78 is 0. The fourth-order valence-corrected chi connectivity index (χ4v) is 1.44. The first kappa shape index (κ1) is 7.50. The monoisotopic (exact) mass is 176 g/mol. The molecule has 0 fully saturated rings.